The Balaban J connectivity index is 3.00. The lowest BCUT2D eigenvalue weighted by molar-refractivity contribution is 1.02. The second-order valence-electron chi connectivity index (χ2n) is 2.65. The lowest BCUT2D eigenvalue weighted by atomic mass is 10.1. The van der Waals surface area contributed by atoms with E-state index in [9.17, 15) is 0 Å². The Labute approximate surface area is 71.9 Å². The summed E-state index contributed by atoms with van der Waals surface area (Å²) in [6.45, 7) is 1.88. The molecule has 0 unspecified atom stereocenters. The van der Waals surface area contributed by atoms with E-state index >= 15 is 0 Å². The van der Waals surface area contributed by atoms with Gasteiger partial charge in [0.2, 0.25) is 0 Å². The van der Waals surface area contributed by atoms with E-state index in [1.54, 1.807) is 0 Å². The Morgan fingerprint density at radius 3 is 2.83 bits per heavy atom. The van der Waals surface area contributed by atoms with Crippen LogP contribution in [0.25, 0.3) is 0 Å². The number of allylic oxidation sites excluding steroid dienone is 3. The molecule has 0 aromatic carbocycles. The van der Waals surface area contributed by atoms with Crippen molar-refractivity contribution in [2.75, 3.05) is 0 Å². The molecular weight excluding hydrogens is 150 g/mol. The van der Waals surface area contributed by atoms with Gasteiger partial charge in [-0.2, -0.15) is 5.26 Å². The fraction of sp³-hybridized carbons (Fsp3) is 0.333. The Morgan fingerprint density at radius 2 is 2.17 bits per heavy atom. The molecule has 0 saturated carbocycles. The van der Waals surface area contributed by atoms with E-state index in [4.69, 9.17) is 11.0 Å². The van der Waals surface area contributed by atoms with Crippen molar-refractivity contribution in [1.82, 2.24) is 0 Å². The first kappa shape index (κ1) is 8.54. The summed E-state index contributed by atoms with van der Waals surface area (Å²) in [5.41, 5.74) is 6.94. The number of hydrogen-bond acceptors (Lipinski definition) is 3. The quantitative estimate of drug-likeness (QED) is 0.585. The molecule has 3 nitrogen and oxygen atoms in total. The fourth-order valence-electron chi connectivity index (χ4n) is 1.02. The average Bonchev–Trinajstić information content (AvgIpc) is 2.01. The largest absolute Gasteiger partial charge is 0.383 e. The van der Waals surface area contributed by atoms with Gasteiger partial charge in [0.05, 0.1) is 5.57 Å². The summed E-state index contributed by atoms with van der Waals surface area (Å²) in [5, 5.41) is 8.67. The average molecular weight is 161 g/mol. The molecular formula is C9H11N3. The van der Waals surface area contributed by atoms with Crippen LogP contribution < -0.4 is 5.73 Å². The fourth-order valence-corrected chi connectivity index (χ4v) is 1.02. The van der Waals surface area contributed by atoms with Crippen LogP contribution in [0.15, 0.2) is 28.4 Å². The molecule has 0 aliphatic carbocycles. The van der Waals surface area contributed by atoms with Crippen molar-refractivity contribution in [3.63, 3.8) is 0 Å². The highest BCUT2D eigenvalue weighted by Crippen LogP contribution is 2.08. The van der Waals surface area contributed by atoms with Crippen molar-refractivity contribution in [3.8, 4) is 6.07 Å². The van der Waals surface area contributed by atoms with Crippen LogP contribution in [0.4, 0.5) is 0 Å². The molecule has 0 atom stereocenters. The number of nitrogens with zero attached hydrogens (tertiary/aromatic N) is 2. The van der Waals surface area contributed by atoms with Crippen molar-refractivity contribution in [1.29, 1.82) is 5.26 Å². The molecule has 1 aliphatic heterocycles. The summed E-state index contributed by atoms with van der Waals surface area (Å²) in [6, 6.07) is 2.02. The van der Waals surface area contributed by atoms with Crippen LogP contribution in [0.2, 0.25) is 0 Å². The lowest BCUT2D eigenvalue weighted by Crippen LogP contribution is -2.14. The van der Waals surface area contributed by atoms with Crippen LogP contribution >= 0.6 is 0 Å². The minimum atomic E-state index is 0.325. The lowest BCUT2D eigenvalue weighted by Gasteiger charge is -2.02. The van der Waals surface area contributed by atoms with Crippen molar-refractivity contribution in [2.45, 2.75) is 19.8 Å². The predicted octanol–water partition coefficient (Wildman–Crippen LogP) is 1.49. The molecule has 0 amide bonds. The molecule has 0 aromatic heterocycles. The number of amidine groups is 1. The van der Waals surface area contributed by atoms with Gasteiger partial charge in [-0.3, -0.25) is 0 Å². The van der Waals surface area contributed by atoms with Gasteiger partial charge in [0.25, 0.3) is 0 Å². The van der Waals surface area contributed by atoms with Gasteiger partial charge in [0, 0.05) is 5.70 Å². The number of rotatable bonds is 0. The molecule has 0 bridgehead atoms. The predicted molar refractivity (Wildman–Crippen MR) is 48.3 cm³/mol. The first-order chi connectivity index (χ1) is 5.74. The van der Waals surface area contributed by atoms with Crippen LogP contribution in [-0.4, -0.2) is 5.84 Å². The highest BCUT2D eigenvalue weighted by molar-refractivity contribution is 6.01. The third kappa shape index (κ3) is 1.96. The second-order valence-corrected chi connectivity index (χ2v) is 2.65. The van der Waals surface area contributed by atoms with E-state index in [-0.39, 0.29) is 0 Å². The minimum Gasteiger partial charge on any atom is -0.383 e. The van der Waals surface area contributed by atoms with Gasteiger partial charge < -0.3 is 5.73 Å². The third-order valence-corrected chi connectivity index (χ3v) is 1.65. The summed E-state index contributed by atoms with van der Waals surface area (Å²) < 4.78 is 0. The van der Waals surface area contributed by atoms with Gasteiger partial charge in [-0.25, -0.2) is 4.99 Å². The Morgan fingerprint density at radius 1 is 1.50 bits per heavy atom. The molecule has 12 heavy (non-hydrogen) atoms. The van der Waals surface area contributed by atoms with E-state index in [0.29, 0.717) is 11.4 Å². The maximum atomic E-state index is 8.67. The third-order valence-electron chi connectivity index (χ3n) is 1.65. The number of hydrogen-bond donors (Lipinski definition) is 1. The zero-order chi connectivity index (χ0) is 8.97. The Kier molecular flexibility index (Phi) is 2.65. The second kappa shape index (κ2) is 3.72. The maximum Gasteiger partial charge on any atom is 0.141 e. The number of nitrogens with two attached hydrogens (primary N) is 1. The summed E-state index contributed by atoms with van der Waals surface area (Å²) >= 11 is 0. The zero-order valence-electron chi connectivity index (χ0n) is 7.04. The molecule has 1 rings (SSSR count). The molecule has 0 saturated heterocycles. The summed E-state index contributed by atoms with van der Waals surface area (Å²) in [4.78, 5) is 4.05. The molecule has 0 radical (unpaired) electrons. The number of nitriles is 1. The first-order valence-electron chi connectivity index (χ1n) is 3.85. The molecule has 2 N–H and O–H groups in total. The van der Waals surface area contributed by atoms with Crippen molar-refractivity contribution < 1.29 is 0 Å². The van der Waals surface area contributed by atoms with Gasteiger partial charge in [-0.05, 0) is 19.8 Å². The van der Waals surface area contributed by atoms with Gasteiger partial charge in [-0.15, -0.1) is 0 Å². The van der Waals surface area contributed by atoms with E-state index in [2.05, 4.69) is 4.99 Å². The molecule has 3 heteroatoms. The van der Waals surface area contributed by atoms with E-state index in [1.807, 2.05) is 25.1 Å². The highest BCUT2D eigenvalue weighted by atomic mass is 14.9. The topological polar surface area (TPSA) is 62.2 Å². The van der Waals surface area contributed by atoms with Crippen LogP contribution in [-0.2, 0) is 0 Å². The Hall–Kier alpha value is -1.56. The summed E-state index contributed by atoms with van der Waals surface area (Å²) in [5.74, 6) is 0.325. The smallest absolute Gasteiger partial charge is 0.141 e. The molecule has 1 heterocycles. The normalized spacial score (nSPS) is 17.8. The molecule has 1 aliphatic rings. The first-order valence-corrected chi connectivity index (χ1v) is 3.85. The van der Waals surface area contributed by atoms with Gasteiger partial charge >= 0.3 is 0 Å². The summed E-state index contributed by atoms with van der Waals surface area (Å²) in [6.07, 6.45) is 5.61. The Bertz CT molecular complexity index is 302. The van der Waals surface area contributed by atoms with Crippen LogP contribution in [0.1, 0.15) is 19.8 Å². The SMILES string of the molecule is CC1=CCCC=C(C#N)C(N)=N1. The van der Waals surface area contributed by atoms with Crippen molar-refractivity contribution in [3.05, 3.63) is 23.4 Å². The van der Waals surface area contributed by atoms with E-state index in [0.717, 1.165) is 18.5 Å². The van der Waals surface area contributed by atoms with Gasteiger partial charge in [0.1, 0.15) is 11.9 Å². The van der Waals surface area contributed by atoms with E-state index < -0.39 is 0 Å². The van der Waals surface area contributed by atoms with Crippen molar-refractivity contribution in [2.24, 2.45) is 10.7 Å². The zero-order valence-corrected chi connectivity index (χ0v) is 7.04. The summed E-state index contributed by atoms with van der Waals surface area (Å²) in [7, 11) is 0. The van der Waals surface area contributed by atoms with Crippen LogP contribution in [0.5, 0.6) is 0 Å². The van der Waals surface area contributed by atoms with Crippen LogP contribution in [0, 0.1) is 11.3 Å². The van der Waals surface area contributed by atoms with Crippen molar-refractivity contribution >= 4 is 5.84 Å². The van der Waals surface area contributed by atoms with Crippen LogP contribution in [0.3, 0.4) is 0 Å². The molecule has 0 aromatic rings. The number of aliphatic imine (C=N–C) groups is 1. The minimum absolute atomic E-state index is 0.325. The monoisotopic (exact) mass is 161 g/mol. The highest BCUT2D eigenvalue weighted by Gasteiger charge is 2.02. The van der Waals surface area contributed by atoms with Gasteiger partial charge in [0.15, 0.2) is 0 Å². The maximum absolute atomic E-state index is 8.67. The van der Waals surface area contributed by atoms with Gasteiger partial charge in [-0.1, -0.05) is 12.2 Å². The molecule has 62 valence electrons. The molecule has 0 fully saturated rings. The van der Waals surface area contributed by atoms with E-state index in [1.165, 1.54) is 0 Å². The standard InChI is InChI=1S/C9H11N3/c1-7-4-2-3-5-8(6-10)9(11)12-7/h4-5H,2-3H2,1H3,(H2,11,12). The molecule has 0 spiro atoms.